The van der Waals surface area contributed by atoms with Crippen LogP contribution in [0.25, 0.3) is 0 Å². The van der Waals surface area contributed by atoms with E-state index in [1.54, 1.807) is 0 Å². The Balaban J connectivity index is 0.000000201. The van der Waals surface area contributed by atoms with Gasteiger partial charge in [-0.05, 0) is 64.7 Å². The summed E-state index contributed by atoms with van der Waals surface area (Å²) in [6.45, 7) is 28.3. The van der Waals surface area contributed by atoms with Gasteiger partial charge in [-0.25, -0.2) is 0 Å². The summed E-state index contributed by atoms with van der Waals surface area (Å²) < 4.78 is 0. The number of carbonyl (C=O) groups is 2. The van der Waals surface area contributed by atoms with Gasteiger partial charge in [-0.1, -0.05) is 41.5 Å². The third kappa shape index (κ3) is 7.24. The van der Waals surface area contributed by atoms with Crippen LogP contribution in [0.3, 0.4) is 0 Å². The number of hydrogen-bond donors (Lipinski definition) is 0. The summed E-state index contributed by atoms with van der Waals surface area (Å²) in [6, 6.07) is 2.60. The standard InChI is InChI=1S/2C15H28N2O/c1-14(2,3)8-13(18)16-9-12-7-11(16)10-17(12)15(4,5)6;1-11(2)16-9-12-6-7-13(10-16)17(12)14(18)8-15(3,4)5/h11-12H,7-10H2,1-6H3;11-13H,6-10H2,1-5H3. The topological polar surface area (TPSA) is 47.1 Å². The van der Waals surface area contributed by atoms with Crippen molar-refractivity contribution < 1.29 is 9.59 Å². The van der Waals surface area contributed by atoms with Crippen LogP contribution < -0.4 is 0 Å². The van der Waals surface area contributed by atoms with Crippen molar-refractivity contribution in [1.82, 2.24) is 19.6 Å². The van der Waals surface area contributed by atoms with Crippen molar-refractivity contribution in [3.05, 3.63) is 0 Å². The Labute approximate surface area is 222 Å². The van der Waals surface area contributed by atoms with Gasteiger partial charge in [0.15, 0.2) is 0 Å². The highest BCUT2D eigenvalue weighted by Gasteiger charge is 2.48. The van der Waals surface area contributed by atoms with E-state index >= 15 is 0 Å². The van der Waals surface area contributed by atoms with E-state index in [1.165, 1.54) is 19.3 Å². The molecular formula is C30H56N4O2. The molecule has 6 heteroatoms. The van der Waals surface area contributed by atoms with Crippen molar-refractivity contribution in [3.8, 4) is 0 Å². The highest BCUT2D eigenvalue weighted by atomic mass is 16.2. The third-order valence-electron chi connectivity index (χ3n) is 8.31. The van der Waals surface area contributed by atoms with Crippen LogP contribution in [0.4, 0.5) is 0 Å². The van der Waals surface area contributed by atoms with Gasteiger partial charge in [0, 0.05) is 74.8 Å². The van der Waals surface area contributed by atoms with Gasteiger partial charge >= 0.3 is 0 Å². The number of likely N-dealkylation sites (tertiary alicyclic amines) is 3. The first kappa shape index (κ1) is 29.4. The molecule has 4 bridgehead atoms. The molecule has 0 aliphatic carbocycles. The van der Waals surface area contributed by atoms with E-state index < -0.39 is 0 Å². The van der Waals surface area contributed by atoms with Crippen LogP contribution in [0.5, 0.6) is 0 Å². The van der Waals surface area contributed by atoms with Crippen LogP contribution in [-0.4, -0.2) is 93.3 Å². The van der Waals surface area contributed by atoms with Crippen LogP contribution in [0.2, 0.25) is 0 Å². The molecule has 4 unspecified atom stereocenters. The lowest BCUT2D eigenvalue weighted by atomic mass is 9.91. The molecule has 4 heterocycles. The molecule has 2 amide bonds. The number of fused-ring (bicyclic) bond motifs is 4. The number of piperazine rings is 2. The van der Waals surface area contributed by atoms with Gasteiger partial charge in [0.1, 0.15) is 0 Å². The minimum absolute atomic E-state index is 0.0998. The summed E-state index contributed by atoms with van der Waals surface area (Å²) in [5.74, 6) is 0.724. The molecule has 4 saturated heterocycles. The second kappa shape index (κ2) is 10.6. The molecule has 4 atom stereocenters. The van der Waals surface area contributed by atoms with Crippen molar-refractivity contribution in [3.63, 3.8) is 0 Å². The maximum absolute atomic E-state index is 12.5. The first-order chi connectivity index (χ1) is 16.4. The maximum atomic E-state index is 12.5. The van der Waals surface area contributed by atoms with E-state index in [1.807, 2.05) is 0 Å². The summed E-state index contributed by atoms with van der Waals surface area (Å²) >= 11 is 0. The molecule has 4 fully saturated rings. The Hall–Kier alpha value is -1.14. The zero-order chi connectivity index (χ0) is 27.2. The summed E-state index contributed by atoms with van der Waals surface area (Å²) in [7, 11) is 0. The molecule has 4 aliphatic heterocycles. The molecule has 36 heavy (non-hydrogen) atoms. The van der Waals surface area contributed by atoms with E-state index in [4.69, 9.17) is 0 Å². The smallest absolute Gasteiger partial charge is 0.223 e. The van der Waals surface area contributed by atoms with Gasteiger partial charge in [0.2, 0.25) is 11.8 Å². The van der Waals surface area contributed by atoms with Crippen LogP contribution in [0.15, 0.2) is 0 Å². The SMILES string of the molecule is CC(C)(C)CC(=O)N1CC2CC1CN2C(C)(C)C.CC(C)N1CC2CCC(C1)N2C(=O)CC(C)(C)C. The third-order valence-corrected chi connectivity index (χ3v) is 8.31. The molecule has 0 aromatic carbocycles. The van der Waals surface area contributed by atoms with Crippen molar-refractivity contribution in [2.45, 2.75) is 144 Å². The van der Waals surface area contributed by atoms with Crippen LogP contribution in [-0.2, 0) is 9.59 Å². The van der Waals surface area contributed by atoms with Crippen molar-refractivity contribution >= 4 is 11.8 Å². The normalized spacial score (nSPS) is 29.1. The predicted octanol–water partition coefficient (Wildman–Crippen LogP) is 5.01. The van der Waals surface area contributed by atoms with Gasteiger partial charge in [-0.2, -0.15) is 0 Å². The zero-order valence-corrected chi connectivity index (χ0v) is 25.4. The van der Waals surface area contributed by atoms with Crippen molar-refractivity contribution in [1.29, 1.82) is 0 Å². The van der Waals surface area contributed by atoms with Crippen LogP contribution >= 0.6 is 0 Å². The van der Waals surface area contributed by atoms with Crippen molar-refractivity contribution in [2.75, 3.05) is 26.2 Å². The van der Waals surface area contributed by atoms with E-state index in [0.717, 1.165) is 26.2 Å². The lowest BCUT2D eigenvalue weighted by molar-refractivity contribution is -0.139. The molecule has 0 N–H and O–H groups in total. The Morgan fingerprint density at radius 1 is 0.694 bits per heavy atom. The van der Waals surface area contributed by atoms with Gasteiger partial charge in [0.25, 0.3) is 0 Å². The fraction of sp³-hybridized carbons (Fsp3) is 0.933. The minimum Gasteiger partial charge on any atom is -0.337 e. The second-order valence-corrected chi connectivity index (χ2v) is 15.6. The highest BCUT2D eigenvalue weighted by Crippen LogP contribution is 2.37. The number of amides is 2. The molecule has 0 aromatic heterocycles. The summed E-state index contributed by atoms with van der Waals surface area (Å²) in [5.41, 5.74) is 0.437. The molecule has 0 saturated carbocycles. The summed E-state index contributed by atoms with van der Waals surface area (Å²) in [5, 5.41) is 0. The Morgan fingerprint density at radius 2 is 1.19 bits per heavy atom. The largest absolute Gasteiger partial charge is 0.337 e. The lowest BCUT2D eigenvalue weighted by Gasteiger charge is -2.43. The molecule has 0 radical (unpaired) electrons. The Kier molecular flexibility index (Phi) is 8.62. The molecule has 0 aromatic rings. The fourth-order valence-corrected chi connectivity index (χ4v) is 6.66. The minimum atomic E-state index is 0.0998. The molecule has 4 aliphatic rings. The summed E-state index contributed by atoms with van der Waals surface area (Å²) in [4.78, 5) is 34.2. The van der Waals surface area contributed by atoms with E-state index in [0.29, 0.717) is 54.9 Å². The molecule has 0 spiro atoms. The van der Waals surface area contributed by atoms with E-state index in [-0.39, 0.29) is 16.4 Å². The number of carbonyl (C=O) groups excluding carboxylic acids is 2. The fourth-order valence-electron chi connectivity index (χ4n) is 6.66. The average Bonchev–Trinajstić information content (AvgIpc) is 3.36. The highest BCUT2D eigenvalue weighted by molar-refractivity contribution is 5.78. The maximum Gasteiger partial charge on any atom is 0.223 e. The average molecular weight is 505 g/mol. The van der Waals surface area contributed by atoms with Gasteiger partial charge in [0.05, 0.1) is 0 Å². The lowest BCUT2D eigenvalue weighted by Crippen LogP contribution is -2.57. The Bertz CT molecular complexity index is 774. The van der Waals surface area contributed by atoms with Crippen LogP contribution in [0.1, 0.15) is 108 Å². The van der Waals surface area contributed by atoms with E-state index in [2.05, 4.69) is 95.8 Å². The first-order valence-corrected chi connectivity index (χ1v) is 14.5. The van der Waals surface area contributed by atoms with Gasteiger partial charge in [-0.15, -0.1) is 0 Å². The second-order valence-electron chi connectivity index (χ2n) is 15.6. The molecular weight excluding hydrogens is 448 g/mol. The first-order valence-electron chi connectivity index (χ1n) is 14.5. The Morgan fingerprint density at radius 3 is 1.58 bits per heavy atom. The zero-order valence-electron chi connectivity index (χ0n) is 25.4. The predicted molar refractivity (Wildman–Crippen MR) is 149 cm³/mol. The quantitative estimate of drug-likeness (QED) is 0.542. The number of rotatable bonds is 3. The number of nitrogens with zero attached hydrogens (tertiary/aromatic N) is 4. The van der Waals surface area contributed by atoms with E-state index in [9.17, 15) is 9.59 Å². The van der Waals surface area contributed by atoms with Crippen molar-refractivity contribution in [2.24, 2.45) is 10.8 Å². The molecule has 6 nitrogen and oxygen atoms in total. The monoisotopic (exact) mass is 504 g/mol. The van der Waals surface area contributed by atoms with Crippen LogP contribution in [0, 0.1) is 10.8 Å². The molecule has 4 rings (SSSR count). The van der Waals surface area contributed by atoms with Gasteiger partial charge < -0.3 is 9.80 Å². The summed E-state index contributed by atoms with van der Waals surface area (Å²) in [6.07, 6.45) is 4.92. The molecule has 208 valence electrons. The number of hydrogen-bond acceptors (Lipinski definition) is 4. The van der Waals surface area contributed by atoms with Gasteiger partial charge in [-0.3, -0.25) is 19.4 Å².